The van der Waals surface area contributed by atoms with E-state index in [2.05, 4.69) is 6.08 Å². The predicted octanol–water partition coefficient (Wildman–Crippen LogP) is 1.49. The molecule has 0 aromatic heterocycles. The second kappa shape index (κ2) is 3.58. The highest BCUT2D eigenvalue weighted by Crippen LogP contribution is 2.32. The van der Waals surface area contributed by atoms with Crippen molar-refractivity contribution in [3.63, 3.8) is 0 Å². The molecule has 2 atom stereocenters. The van der Waals surface area contributed by atoms with Crippen LogP contribution in [0.1, 0.15) is 25.7 Å². The molecule has 1 N–H and O–H groups in total. The van der Waals surface area contributed by atoms with E-state index in [1.807, 2.05) is 0 Å². The van der Waals surface area contributed by atoms with Gasteiger partial charge in [-0.2, -0.15) is 0 Å². The van der Waals surface area contributed by atoms with Gasteiger partial charge in [0, 0.05) is 19.1 Å². The van der Waals surface area contributed by atoms with Crippen molar-refractivity contribution in [2.24, 2.45) is 5.92 Å². The Balaban J connectivity index is 2.10. The molecule has 2 rings (SSSR count). The Morgan fingerprint density at radius 1 is 1.58 bits per heavy atom. The SMILES string of the molecule is OC[C@@H]1CCC=C2CCCOC21. The first kappa shape index (κ1) is 8.27. The zero-order valence-electron chi connectivity index (χ0n) is 7.33. The molecule has 1 saturated heterocycles. The van der Waals surface area contributed by atoms with E-state index in [0.29, 0.717) is 5.92 Å². The largest absolute Gasteiger partial charge is 0.396 e. The highest BCUT2D eigenvalue weighted by molar-refractivity contribution is 5.15. The molecule has 1 heterocycles. The smallest absolute Gasteiger partial charge is 0.0835 e. The van der Waals surface area contributed by atoms with Gasteiger partial charge >= 0.3 is 0 Å². The molecule has 2 aliphatic rings. The molecule has 0 aromatic rings. The lowest BCUT2D eigenvalue weighted by Crippen LogP contribution is -2.34. The minimum absolute atomic E-state index is 0.248. The van der Waals surface area contributed by atoms with Crippen molar-refractivity contribution in [2.45, 2.75) is 31.8 Å². The average Bonchev–Trinajstić information content (AvgIpc) is 2.17. The van der Waals surface area contributed by atoms with Crippen molar-refractivity contribution in [3.05, 3.63) is 11.6 Å². The second-order valence-electron chi connectivity index (χ2n) is 3.69. The molecular weight excluding hydrogens is 152 g/mol. The Morgan fingerprint density at radius 3 is 3.33 bits per heavy atom. The van der Waals surface area contributed by atoms with E-state index in [-0.39, 0.29) is 12.7 Å². The van der Waals surface area contributed by atoms with Crippen LogP contribution in [-0.4, -0.2) is 24.4 Å². The van der Waals surface area contributed by atoms with Gasteiger partial charge in [-0.25, -0.2) is 0 Å². The molecule has 2 heteroatoms. The Hall–Kier alpha value is -0.340. The summed E-state index contributed by atoms with van der Waals surface area (Å²) in [6.45, 7) is 1.15. The van der Waals surface area contributed by atoms with Crippen LogP contribution in [0.4, 0.5) is 0 Å². The number of aliphatic hydroxyl groups is 1. The maximum absolute atomic E-state index is 9.12. The minimum atomic E-state index is 0.248. The highest BCUT2D eigenvalue weighted by atomic mass is 16.5. The van der Waals surface area contributed by atoms with Gasteiger partial charge in [-0.05, 0) is 31.3 Å². The molecule has 1 fully saturated rings. The molecule has 68 valence electrons. The quantitative estimate of drug-likeness (QED) is 0.601. The summed E-state index contributed by atoms with van der Waals surface area (Å²) in [5.74, 6) is 0.366. The van der Waals surface area contributed by atoms with Crippen molar-refractivity contribution >= 4 is 0 Å². The van der Waals surface area contributed by atoms with Crippen LogP contribution in [0, 0.1) is 5.92 Å². The number of hydrogen-bond donors (Lipinski definition) is 1. The van der Waals surface area contributed by atoms with Gasteiger partial charge in [0.15, 0.2) is 0 Å². The number of aliphatic hydroxyl groups excluding tert-OH is 1. The fraction of sp³-hybridized carbons (Fsp3) is 0.800. The van der Waals surface area contributed by atoms with Gasteiger partial charge < -0.3 is 9.84 Å². The second-order valence-corrected chi connectivity index (χ2v) is 3.69. The first-order chi connectivity index (χ1) is 5.92. The van der Waals surface area contributed by atoms with Crippen molar-refractivity contribution < 1.29 is 9.84 Å². The predicted molar refractivity (Wildman–Crippen MR) is 46.9 cm³/mol. The monoisotopic (exact) mass is 168 g/mol. The van der Waals surface area contributed by atoms with Crippen LogP contribution in [0.2, 0.25) is 0 Å². The summed E-state index contributed by atoms with van der Waals surface area (Å²) >= 11 is 0. The highest BCUT2D eigenvalue weighted by Gasteiger charge is 2.29. The van der Waals surface area contributed by atoms with E-state index in [0.717, 1.165) is 25.9 Å². The van der Waals surface area contributed by atoms with Crippen LogP contribution < -0.4 is 0 Å². The van der Waals surface area contributed by atoms with Crippen LogP contribution in [0.3, 0.4) is 0 Å². The van der Waals surface area contributed by atoms with Crippen molar-refractivity contribution in [1.82, 2.24) is 0 Å². The van der Waals surface area contributed by atoms with Gasteiger partial charge in [0.25, 0.3) is 0 Å². The maximum atomic E-state index is 9.12. The van der Waals surface area contributed by atoms with Crippen molar-refractivity contribution in [1.29, 1.82) is 0 Å². The first-order valence-corrected chi connectivity index (χ1v) is 4.83. The van der Waals surface area contributed by atoms with Crippen LogP contribution in [0.25, 0.3) is 0 Å². The molecule has 0 aromatic carbocycles. The molecule has 2 nitrogen and oxygen atoms in total. The summed E-state index contributed by atoms with van der Waals surface area (Å²) in [6.07, 6.45) is 7.10. The van der Waals surface area contributed by atoms with Crippen LogP contribution in [0.5, 0.6) is 0 Å². The fourth-order valence-corrected chi connectivity index (χ4v) is 2.21. The lowest BCUT2D eigenvalue weighted by Gasteiger charge is -2.34. The first-order valence-electron chi connectivity index (χ1n) is 4.83. The molecule has 0 spiro atoms. The summed E-state index contributed by atoms with van der Waals surface area (Å²) in [5.41, 5.74) is 1.44. The van der Waals surface area contributed by atoms with E-state index in [1.54, 1.807) is 0 Å². The maximum Gasteiger partial charge on any atom is 0.0835 e. The van der Waals surface area contributed by atoms with Gasteiger partial charge in [0.1, 0.15) is 0 Å². The molecule has 0 saturated carbocycles. The van der Waals surface area contributed by atoms with Crippen molar-refractivity contribution in [2.75, 3.05) is 13.2 Å². The zero-order chi connectivity index (χ0) is 8.39. The van der Waals surface area contributed by atoms with Crippen LogP contribution in [-0.2, 0) is 4.74 Å². The third kappa shape index (κ3) is 1.41. The summed E-state index contributed by atoms with van der Waals surface area (Å²) < 4.78 is 5.66. The topological polar surface area (TPSA) is 29.5 Å². The van der Waals surface area contributed by atoms with Crippen LogP contribution >= 0.6 is 0 Å². The van der Waals surface area contributed by atoms with Gasteiger partial charge in [-0.15, -0.1) is 0 Å². The Bertz CT molecular complexity index is 186. The summed E-state index contributed by atoms with van der Waals surface area (Å²) in [4.78, 5) is 0. The number of rotatable bonds is 1. The fourth-order valence-electron chi connectivity index (χ4n) is 2.21. The lowest BCUT2D eigenvalue weighted by atomic mass is 9.83. The lowest BCUT2D eigenvalue weighted by molar-refractivity contribution is -0.00979. The minimum Gasteiger partial charge on any atom is -0.396 e. The number of hydrogen-bond acceptors (Lipinski definition) is 2. The molecule has 12 heavy (non-hydrogen) atoms. The molecule has 0 bridgehead atoms. The van der Waals surface area contributed by atoms with E-state index < -0.39 is 0 Å². The van der Waals surface area contributed by atoms with Crippen LogP contribution in [0.15, 0.2) is 11.6 Å². The Labute approximate surface area is 73.2 Å². The molecule has 1 aliphatic heterocycles. The standard InChI is InChI=1S/C10H16O2/c11-7-9-4-1-3-8-5-2-6-12-10(8)9/h3,9-11H,1-2,4-7H2/t9-,10?/m0/s1. The average molecular weight is 168 g/mol. The summed E-state index contributed by atoms with van der Waals surface area (Å²) in [7, 11) is 0. The van der Waals surface area contributed by atoms with Gasteiger partial charge in [0.2, 0.25) is 0 Å². The van der Waals surface area contributed by atoms with Crippen molar-refractivity contribution in [3.8, 4) is 0 Å². The molecule has 1 aliphatic carbocycles. The molecule has 0 amide bonds. The Kier molecular flexibility index (Phi) is 2.47. The normalized spacial score (nSPS) is 35.6. The number of fused-ring (bicyclic) bond motifs is 1. The zero-order valence-corrected chi connectivity index (χ0v) is 7.33. The van der Waals surface area contributed by atoms with Gasteiger partial charge in [-0.3, -0.25) is 0 Å². The van der Waals surface area contributed by atoms with E-state index in [9.17, 15) is 0 Å². The third-order valence-electron chi connectivity index (χ3n) is 2.88. The number of allylic oxidation sites excluding steroid dienone is 1. The van der Waals surface area contributed by atoms with Gasteiger partial charge in [0.05, 0.1) is 6.10 Å². The Morgan fingerprint density at radius 2 is 2.50 bits per heavy atom. The summed E-state index contributed by atoms with van der Waals surface area (Å²) in [6, 6.07) is 0. The molecule has 0 radical (unpaired) electrons. The third-order valence-corrected chi connectivity index (χ3v) is 2.88. The van der Waals surface area contributed by atoms with Gasteiger partial charge in [-0.1, -0.05) is 6.08 Å². The van der Waals surface area contributed by atoms with E-state index in [1.165, 1.54) is 12.0 Å². The molecular formula is C10H16O2. The number of ether oxygens (including phenoxy) is 1. The van der Waals surface area contributed by atoms with E-state index in [4.69, 9.17) is 9.84 Å². The summed E-state index contributed by atoms with van der Waals surface area (Å²) in [5, 5.41) is 9.12. The van der Waals surface area contributed by atoms with E-state index >= 15 is 0 Å². The molecule has 1 unspecified atom stereocenters.